The molecule has 0 unspecified atom stereocenters. The molecule has 0 saturated carbocycles. The summed E-state index contributed by atoms with van der Waals surface area (Å²) in [7, 11) is 1.66. The summed E-state index contributed by atoms with van der Waals surface area (Å²) in [6.45, 7) is 1.84. The number of methoxy groups -OCH3 is 1. The number of pyridine rings is 1. The third-order valence-electron chi connectivity index (χ3n) is 3.03. The smallest absolute Gasteiger partial charge is 0.0745 e. The number of nitrogens with zero attached hydrogens (tertiary/aromatic N) is 2. The average molecular weight is 261 g/mol. The van der Waals surface area contributed by atoms with Gasteiger partial charge < -0.3 is 20.5 Å². The van der Waals surface area contributed by atoms with E-state index in [4.69, 9.17) is 10.5 Å². The lowest BCUT2D eigenvalue weighted by Crippen LogP contribution is -2.31. The SMILES string of the molecule is COCCN(CCO)c1c(N)cnc2ccccc12. The maximum absolute atomic E-state index is 9.22. The van der Waals surface area contributed by atoms with Crippen molar-refractivity contribution in [3.05, 3.63) is 30.5 Å². The van der Waals surface area contributed by atoms with Gasteiger partial charge in [-0.1, -0.05) is 18.2 Å². The molecule has 3 N–H and O–H groups in total. The van der Waals surface area contributed by atoms with E-state index in [0.29, 0.717) is 25.4 Å². The lowest BCUT2D eigenvalue weighted by atomic mass is 10.1. The van der Waals surface area contributed by atoms with Crippen molar-refractivity contribution in [1.29, 1.82) is 0 Å². The highest BCUT2D eigenvalue weighted by Crippen LogP contribution is 2.31. The van der Waals surface area contributed by atoms with Crippen LogP contribution < -0.4 is 10.6 Å². The van der Waals surface area contributed by atoms with Gasteiger partial charge >= 0.3 is 0 Å². The molecule has 0 radical (unpaired) electrons. The first-order chi connectivity index (χ1) is 9.27. The Morgan fingerprint density at radius 2 is 2.11 bits per heavy atom. The van der Waals surface area contributed by atoms with Crippen molar-refractivity contribution in [2.24, 2.45) is 0 Å². The van der Waals surface area contributed by atoms with Crippen molar-refractivity contribution in [3.63, 3.8) is 0 Å². The second-order valence-electron chi connectivity index (χ2n) is 4.28. The van der Waals surface area contributed by atoms with E-state index in [-0.39, 0.29) is 6.61 Å². The number of nitrogen functional groups attached to an aromatic ring is 1. The molecule has 0 atom stereocenters. The van der Waals surface area contributed by atoms with Gasteiger partial charge in [0.05, 0.1) is 36.3 Å². The number of fused-ring (bicyclic) bond motifs is 1. The van der Waals surface area contributed by atoms with Gasteiger partial charge in [-0.05, 0) is 6.07 Å². The predicted octanol–water partition coefficient (Wildman–Crippen LogP) is 1.26. The molecule has 0 fully saturated rings. The summed E-state index contributed by atoms with van der Waals surface area (Å²) in [5.74, 6) is 0. The highest BCUT2D eigenvalue weighted by molar-refractivity contribution is 5.97. The number of aliphatic hydroxyl groups excluding tert-OH is 1. The van der Waals surface area contributed by atoms with Gasteiger partial charge in [0.2, 0.25) is 0 Å². The highest BCUT2D eigenvalue weighted by Gasteiger charge is 2.13. The number of hydrogen-bond donors (Lipinski definition) is 2. The second-order valence-corrected chi connectivity index (χ2v) is 4.28. The average Bonchev–Trinajstić information content (AvgIpc) is 2.44. The molecule has 5 nitrogen and oxygen atoms in total. The first kappa shape index (κ1) is 13.6. The summed E-state index contributed by atoms with van der Waals surface area (Å²) >= 11 is 0. The van der Waals surface area contributed by atoms with Crippen LogP contribution in [0.1, 0.15) is 0 Å². The molecule has 0 spiro atoms. The number of ether oxygens (including phenoxy) is 1. The Hall–Kier alpha value is -1.85. The van der Waals surface area contributed by atoms with Crippen LogP contribution in [0.15, 0.2) is 30.5 Å². The van der Waals surface area contributed by atoms with Crippen LogP contribution in [0.4, 0.5) is 11.4 Å². The fraction of sp³-hybridized carbons (Fsp3) is 0.357. The Morgan fingerprint density at radius 3 is 2.84 bits per heavy atom. The van der Waals surface area contributed by atoms with Gasteiger partial charge in [-0.3, -0.25) is 4.98 Å². The van der Waals surface area contributed by atoms with Gasteiger partial charge in [0, 0.05) is 25.6 Å². The molecule has 1 aromatic carbocycles. The van der Waals surface area contributed by atoms with Crippen LogP contribution in [-0.4, -0.2) is 43.5 Å². The Labute approximate surface area is 112 Å². The van der Waals surface area contributed by atoms with Gasteiger partial charge in [0.1, 0.15) is 0 Å². The van der Waals surface area contributed by atoms with Crippen LogP contribution in [0.25, 0.3) is 10.9 Å². The topological polar surface area (TPSA) is 71.6 Å². The Kier molecular flexibility index (Phi) is 4.54. The van der Waals surface area contributed by atoms with E-state index in [1.807, 2.05) is 29.2 Å². The van der Waals surface area contributed by atoms with E-state index in [0.717, 1.165) is 16.6 Å². The van der Waals surface area contributed by atoms with E-state index in [2.05, 4.69) is 4.98 Å². The first-order valence-electron chi connectivity index (χ1n) is 6.26. The summed E-state index contributed by atoms with van der Waals surface area (Å²) in [6.07, 6.45) is 1.66. The quantitative estimate of drug-likeness (QED) is 0.819. The van der Waals surface area contributed by atoms with Crippen LogP contribution in [-0.2, 0) is 4.74 Å². The minimum absolute atomic E-state index is 0.0693. The maximum atomic E-state index is 9.22. The Morgan fingerprint density at radius 1 is 1.32 bits per heavy atom. The highest BCUT2D eigenvalue weighted by atomic mass is 16.5. The molecule has 0 saturated heterocycles. The molecular formula is C14H19N3O2. The molecule has 5 heteroatoms. The third-order valence-corrected chi connectivity index (χ3v) is 3.03. The molecule has 19 heavy (non-hydrogen) atoms. The number of nitrogens with two attached hydrogens (primary N) is 1. The van der Waals surface area contributed by atoms with Crippen molar-refractivity contribution < 1.29 is 9.84 Å². The maximum Gasteiger partial charge on any atom is 0.0745 e. The fourth-order valence-corrected chi connectivity index (χ4v) is 2.15. The zero-order valence-electron chi connectivity index (χ0n) is 11.0. The molecule has 2 aromatic rings. The Balaban J connectivity index is 2.47. The predicted molar refractivity (Wildman–Crippen MR) is 77.3 cm³/mol. The number of aromatic nitrogens is 1. The van der Waals surface area contributed by atoms with Crippen molar-refractivity contribution in [1.82, 2.24) is 4.98 Å². The van der Waals surface area contributed by atoms with E-state index >= 15 is 0 Å². The third kappa shape index (κ3) is 2.94. The molecule has 1 aromatic heterocycles. The molecule has 102 valence electrons. The van der Waals surface area contributed by atoms with E-state index in [9.17, 15) is 5.11 Å². The van der Waals surface area contributed by atoms with E-state index in [1.54, 1.807) is 13.3 Å². The molecule has 2 rings (SSSR count). The summed E-state index contributed by atoms with van der Waals surface area (Å²) in [5, 5.41) is 10.2. The standard InChI is InChI=1S/C14H19N3O2/c1-19-9-7-17(6-8-18)14-11-4-2-3-5-13(11)16-10-12(14)15/h2-5,10,18H,6-9,15H2,1H3. The minimum atomic E-state index is 0.0693. The van der Waals surface area contributed by atoms with Gasteiger partial charge in [0.15, 0.2) is 0 Å². The van der Waals surface area contributed by atoms with E-state index in [1.165, 1.54) is 0 Å². The zero-order chi connectivity index (χ0) is 13.7. The summed E-state index contributed by atoms with van der Waals surface area (Å²) in [5.41, 5.74) is 8.49. The number of hydrogen-bond acceptors (Lipinski definition) is 5. The van der Waals surface area contributed by atoms with Crippen molar-refractivity contribution in [2.75, 3.05) is 44.0 Å². The monoisotopic (exact) mass is 261 g/mol. The summed E-state index contributed by atoms with van der Waals surface area (Å²) < 4.78 is 5.11. The largest absolute Gasteiger partial charge is 0.396 e. The van der Waals surface area contributed by atoms with Crippen LogP contribution in [0.2, 0.25) is 0 Å². The number of aliphatic hydroxyl groups is 1. The first-order valence-corrected chi connectivity index (χ1v) is 6.26. The van der Waals surface area contributed by atoms with Crippen LogP contribution in [0.3, 0.4) is 0 Å². The molecule has 0 aliphatic rings. The number of para-hydroxylation sites is 1. The van der Waals surface area contributed by atoms with Crippen LogP contribution >= 0.6 is 0 Å². The van der Waals surface area contributed by atoms with Gasteiger partial charge in [-0.15, -0.1) is 0 Å². The lowest BCUT2D eigenvalue weighted by molar-refractivity contribution is 0.203. The normalized spacial score (nSPS) is 10.8. The van der Waals surface area contributed by atoms with Crippen molar-refractivity contribution in [3.8, 4) is 0 Å². The molecule has 0 aliphatic heterocycles. The van der Waals surface area contributed by atoms with Gasteiger partial charge in [0.25, 0.3) is 0 Å². The summed E-state index contributed by atoms with van der Waals surface area (Å²) in [6, 6.07) is 7.85. The zero-order valence-corrected chi connectivity index (χ0v) is 11.0. The van der Waals surface area contributed by atoms with Crippen LogP contribution in [0.5, 0.6) is 0 Å². The van der Waals surface area contributed by atoms with Crippen molar-refractivity contribution >= 4 is 22.3 Å². The van der Waals surface area contributed by atoms with Gasteiger partial charge in [-0.25, -0.2) is 0 Å². The molecule has 1 heterocycles. The minimum Gasteiger partial charge on any atom is -0.396 e. The molecule has 0 aliphatic carbocycles. The Bertz CT molecular complexity index is 545. The summed E-state index contributed by atoms with van der Waals surface area (Å²) in [4.78, 5) is 6.35. The molecular weight excluding hydrogens is 242 g/mol. The molecule has 0 bridgehead atoms. The van der Waals surface area contributed by atoms with Crippen molar-refractivity contribution in [2.45, 2.75) is 0 Å². The number of anilines is 2. The second kappa shape index (κ2) is 6.36. The fourth-order valence-electron chi connectivity index (χ4n) is 2.15. The molecule has 0 amide bonds. The lowest BCUT2D eigenvalue weighted by Gasteiger charge is -2.26. The van der Waals surface area contributed by atoms with Gasteiger partial charge in [-0.2, -0.15) is 0 Å². The van der Waals surface area contributed by atoms with Crippen LogP contribution in [0, 0.1) is 0 Å². The van der Waals surface area contributed by atoms with E-state index < -0.39 is 0 Å². The number of rotatable bonds is 6. The number of benzene rings is 1.